The maximum atomic E-state index is 12.7. The molecule has 0 aliphatic heterocycles. The number of nitrogens with one attached hydrogen (secondary N) is 1. The van der Waals surface area contributed by atoms with Crippen molar-refractivity contribution in [3.63, 3.8) is 0 Å². The maximum absolute atomic E-state index is 12.7. The molecule has 0 bridgehead atoms. The largest absolute Gasteiger partial charge is 0.465 e. The molecule has 0 spiro atoms. The molecule has 0 aliphatic carbocycles. The Morgan fingerprint density at radius 3 is 2.67 bits per heavy atom. The second-order valence-electron chi connectivity index (χ2n) is 6.70. The van der Waals surface area contributed by atoms with E-state index in [0.717, 1.165) is 11.1 Å². The van der Waals surface area contributed by atoms with Crippen molar-refractivity contribution in [1.82, 2.24) is 14.8 Å². The summed E-state index contributed by atoms with van der Waals surface area (Å²) in [4.78, 5) is 25.2. The highest BCUT2D eigenvalue weighted by Gasteiger charge is 2.23. The second kappa shape index (κ2) is 10.4. The van der Waals surface area contributed by atoms with Gasteiger partial charge in [0.25, 0.3) is 0 Å². The van der Waals surface area contributed by atoms with Crippen LogP contribution in [0.1, 0.15) is 17.3 Å². The monoisotopic (exact) mass is 546 g/mol. The van der Waals surface area contributed by atoms with Crippen molar-refractivity contribution >= 4 is 55.9 Å². The smallest absolute Gasteiger partial charge is 0.341 e. The number of hydrogen-bond acceptors (Lipinski definition) is 8. The zero-order chi connectivity index (χ0) is 23.4. The Kier molecular flexibility index (Phi) is 7.31. The molecule has 0 aliphatic rings. The number of hydrogen-bond donors (Lipinski definition) is 1. The van der Waals surface area contributed by atoms with Gasteiger partial charge in [0.05, 0.1) is 12.9 Å². The summed E-state index contributed by atoms with van der Waals surface area (Å²) in [5, 5.41) is 14.1. The number of thiophene rings is 1. The van der Waals surface area contributed by atoms with Crippen molar-refractivity contribution in [2.75, 3.05) is 18.2 Å². The minimum Gasteiger partial charge on any atom is -0.465 e. The highest BCUT2D eigenvalue weighted by Crippen LogP contribution is 2.36. The van der Waals surface area contributed by atoms with Gasteiger partial charge in [-0.25, -0.2) is 4.79 Å². The quantitative estimate of drug-likeness (QED) is 0.228. The van der Waals surface area contributed by atoms with E-state index in [4.69, 9.17) is 9.15 Å². The molecule has 0 radical (unpaired) electrons. The van der Waals surface area contributed by atoms with Crippen LogP contribution in [0.4, 0.5) is 5.00 Å². The van der Waals surface area contributed by atoms with Gasteiger partial charge in [-0.3, -0.25) is 9.36 Å². The second-order valence-corrected chi connectivity index (χ2v) is 9.31. The Balaban J connectivity index is 1.49. The maximum Gasteiger partial charge on any atom is 0.341 e. The normalized spacial score (nSPS) is 10.9. The molecule has 8 nitrogen and oxygen atoms in total. The summed E-state index contributed by atoms with van der Waals surface area (Å²) in [5.41, 5.74) is 1.93. The van der Waals surface area contributed by atoms with E-state index in [-0.39, 0.29) is 11.7 Å². The summed E-state index contributed by atoms with van der Waals surface area (Å²) in [7, 11) is 1.32. The van der Waals surface area contributed by atoms with Crippen LogP contribution in [0.25, 0.3) is 22.7 Å². The first-order valence-corrected chi connectivity index (χ1v) is 12.5. The molecule has 1 aromatic carbocycles. The molecule has 170 valence electrons. The van der Waals surface area contributed by atoms with E-state index >= 15 is 0 Å². The number of benzene rings is 1. The number of amides is 1. The van der Waals surface area contributed by atoms with Gasteiger partial charge in [-0.05, 0) is 40.5 Å². The molecule has 0 saturated carbocycles. The van der Waals surface area contributed by atoms with Crippen molar-refractivity contribution in [2.45, 2.75) is 18.6 Å². The molecule has 0 unspecified atom stereocenters. The zero-order valence-corrected chi connectivity index (χ0v) is 20.9. The van der Waals surface area contributed by atoms with E-state index in [9.17, 15) is 9.59 Å². The minimum absolute atomic E-state index is 0.0964. The van der Waals surface area contributed by atoms with E-state index in [1.165, 1.54) is 30.2 Å². The summed E-state index contributed by atoms with van der Waals surface area (Å²) in [6, 6.07) is 13.1. The van der Waals surface area contributed by atoms with Crippen LogP contribution in [0.3, 0.4) is 0 Å². The first-order chi connectivity index (χ1) is 16.0. The fourth-order valence-corrected chi connectivity index (χ4v) is 5.26. The van der Waals surface area contributed by atoms with Crippen molar-refractivity contribution in [3.8, 4) is 22.7 Å². The topological polar surface area (TPSA) is 99.2 Å². The van der Waals surface area contributed by atoms with Crippen molar-refractivity contribution in [1.29, 1.82) is 0 Å². The number of anilines is 1. The Morgan fingerprint density at radius 1 is 1.21 bits per heavy atom. The molecule has 3 heterocycles. The number of carbonyl (C=O) groups excluding carboxylic acids is 2. The number of halogens is 1. The fraction of sp³-hybridized carbons (Fsp3) is 0.182. The lowest BCUT2D eigenvalue weighted by Gasteiger charge is -2.08. The van der Waals surface area contributed by atoms with Gasteiger partial charge in [-0.2, -0.15) is 0 Å². The van der Waals surface area contributed by atoms with Gasteiger partial charge >= 0.3 is 5.97 Å². The van der Waals surface area contributed by atoms with Gasteiger partial charge in [0.15, 0.2) is 15.6 Å². The average Bonchev–Trinajstić information content (AvgIpc) is 3.55. The lowest BCUT2D eigenvalue weighted by molar-refractivity contribution is -0.113. The van der Waals surface area contributed by atoms with Crippen LogP contribution in [-0.4, -0.2) is 39.5 Å². The number of ether oxygens (including phenoxy) is 1. The fourth-order valence-electron chi connectivity index (χ4n) is 3.17. The van der Waals surface area contributed by atoms with Crippen molar-refractivity contribution in [2.24, 2.45) is 0 Å². The minimum atomic E-state index is -0.502. The summed E-state index contributed by atoms with van der Waals surface area (Å²) >= 11 is 5.83. The van der Waals surface area contributed by atoms with E-state index in [0.29, 0.717) is 38.5 Å². The molecule has 0 fully saturated rings. The molecule has 1 amide bonds. The standard InChI is InChI=1S/C22H19BrN4O4S2/c1-3-27-19(15-9-10-16(23)31-15)25-26-22(27)33-12-17(28)24-20-18(21(29)30-2)14(11-32-20)13-7-5-4-6-8-13/h4-11H,3,12H2,1-2H3,(H,24,28). The van der Waals surface area contributed by atoms with E-state index < -0.39 is 5.97 Å². The molecular weight excluding hydrogens is 528 g/mol. The molecule has 11 heteroatoms. The van der Waals surface area contributed by atoms with Gasteiger partial charge in [0, 0.05) is 17.5 Å². The highest BCUT2D eigenvalue weighted by atomic mass is 79.9. The van der Waals surface area contributed by atoms with Crippen LogP contribution < -0.4 is 5.32 Å². The van der Waals surface area contributed by atoms with Gasteiger partial charge in [0.2, 0.25) is 11.7 Å². The first kappa shape index (κ1) is 23.3. The zero-order valence-electron chi connectivity index (χ0n) is 17.7. The SMILES string of the molecule is CCn1c(SCC(=O)Nc2scc(-c3ccccc3)c2C(=O)OC)nnc1-c1ccc(Br)o1. The Bertz CT molecular complexity index is 1280. The van der Waals surface area contributed by atoms with Gasteiger partial charge < -0.3 is 14.5 Å². The summed E-state index contributed by atoms with van der Waals surface area (Å²) in [6.45, 7) is 2.58. The molecule has 1 N–H and O–H groups in total. The molecule has 33 heavy (non-hydrogen) atoms. The number of furan rings is 1. The van der Waals surface area contributed by atoms with Crippen LogP contribution >= 0.6 is 39.0 Å². The lowest BCUT2D eigenvalue weighted by atomic mass is 10.0. The molecule has 4 aromatic rings. The molecule has 3 aromatic heterocycles. The third-order valence-corrected chi connectivity index (χ3v) is 6.97. The van der Waals surface area contributed by atoms with Crippen LogP contribution in [0.15, 0.2) is 62.1 Å². The van der Waals surface area contributed by atoms with Gasteiger partial charge in [-0.1, -0.05) is 42.1 Å². The first-order valence-electron chi connectivity index (χ1n) is 9.88. The third-order valence-electron chi connectivity index (χ3n) is 4.68. The van der Waals surface area contributed by atoms with Crippen LogP contribution in [0, 0.1) is 0 Å². The number of aromatic nitrogens is 3. The van der Waals surface area contributed by atoms with Crippen LogP contribution in [0.5, 0.6) is 0 Å². The lowest BCUT2D eigenvalue weighted by Crippen LogP contribution is -2.16. The third kappa shape index (κ3) is 5.05. The van der Waals surface area contributed by atoms with E-state index in [1.807, 2.05) is 47.2 Å². The summed E-state index contributed by atoms with van der Waals surface area (Å²) < 4.78 is 13.0. The van der Waals surface area contributed by atoms with E-state index in [2.05, 4.69) is 31.4 Å². The van der Waals surface area contributed by atoms with Gasteiger partial charge in [0.1, 0.15) is 10.6 Å². The number of esters is 1. The number of rotatable bonds is 8. The van der Waals surface area contributed by atoms with E-state index in [1.54, 1.807) is 12.1 Å². The average molecular weight is 547 g/mol. The Morgan fingerprint density at radius 2 is 2.00 bits per heavy atom. The number of methoxy groups -OCH3 is 1. The molecule has 0 atom stereocenters. The summed E-state index contributed by atoms with van der Waals surface area (Å²) in [5.74, 6) is 0.504. The predicted molar refractivity (Wildman–Crippen MR) is 132 cm³/mol. The Labute approximate surface area is 206 Å². The van der Waals surface area contributed by atoms with Crippen molar-refractivity contribution in [3.05, 3.63) is 58.1 Å². The number of thioether (sulfide) groups is 1. The highest BCUT2D eigenvalue weighted by molar-refractivity contribution is 9.10. The van der Waals surface area contributed by atoms with Gasteiger partial charge in [-0.15, -0.1) is 21.5 Å². The number of carbonyl (C=O) groups is 2. The number of nitrogens with zero attached hydrogens (tertiary/aromatic N) is 3. The molecule has 4 rings (SSSR count). The summed E-state index contributed by atoms with van der Waals surface area (Å²) in [6.07, 6.45) is 0. The Hall–Kier alpha value is -2.89. The molecular formula is C22H19BrN4O4S2. The van der Waals surface area contributed by atoms with Crippen LogP contribution in [-0.2, 0) is 16.1 Å². The predicted octanol–water partition coefficient (Wildman–Crippen LogP) is 5.57. The van der Waals surface area contributed by atoms with Crippen molar-refractivity contribution < 1.29 is 18.7 Å². The molecule has 0 saturated heterocycles. The van der Waals surface area contributed by atoms with Crippen LogP contribution in [0.2, 0.25) is 0 Å².